The van der Waals surface area contributed by atoms with Gasteiger partial charge in [0, 0.05) is 18.6 Å². The number of hydrogen-bond donors (Lipinski definition) is 1. The topological polar surface area (TPSA) is 15.3 Å². The molecule has 1 heterocycles. The average Bonchev–Trinajstić information content (AvgIpc) is 3.12. The third-order valence-electron chi connectivity index (χ3n) is 4.81. The zero-order chi connectivity index (χ0) is 13.8. The Hall–Kier alpha value is -0.860. The van der Waals surface area contributed by atoms with Crippen molar-refractivity contribution in [2.24, 2.45) is 5.92 Å². The van der Waals surface area contributed by atoms with Crippen LogP contribution < -0.4 is 5.32 Å². The molecule has 1 N–H and O–H groups in total. The molecule has 0 spiro atoms. The van der Waals surface area contributed by atoms with Crippen molar-refractivity contribution < 1.29 is 0 Å². The first kappa shape index (κ1) is 14.1. The Morgan fingerprint density at radius 2 is 1.85 bits per heavy atom. The quantitative estimate of drug-likeness (QED) is 0.816. The summed E-state index contributed by atoms with van der Waals surface area (Å²) < 4.78 is 0. The molecule has 20 heavy (non-hydrogen) atoms. The molecule has 2 fully saturated rings. The van der Waals surface area contributed by atoms with Crippen LogP contribution >= 0.6 is 0 Å². The smallest absolute Gasteiger partial charge is 0.0472 e. The molecule has 2 nitrogen and oxygen atoms in total. The van der Waals surface area contributed by atoms with Crippen LogP contribution in [0.1, 0.15) is 50.6 Å². The molecule has 0 aromatic heterocycles. The predicted octanol–water partition coefficient (Wildman–Crippen LogP) is 3.60. The van der Waals surface area contributed by atoms with E-state index in [2.05, 4.69) is 47.5 Å². The Kier molecular flexibility index (Phi) is 4.74. The van der Waals surface area contributed by atoms with Crippen molar-refractivity contribution in [1.29, 1.82) is 0 Å². The van der Waals surface area contributed by atoms with E-state index in [0.29, 0.717) is 12.1 Å². The molecule has 1 saturated heterocycles. The minimum absolute atomic E-state index is 0.556. The molecule has 1 aliphatic heterocycles. The van der Waals surface area contributed by atoms with Gasteiger partial charge in [-0.15, -0.1) is 0 Å². The van der Waals surface area contributed by atoms with Crippen LogP contribution in [0, 0.1) is 5.92 Å². The fourth-order valence-corrected chi connectivity index (χ4v) is 3.44. The lowest BCUT2D eigenvalue weighted by Gasteiger charge is -2.29. The first-order valence-electron chi connectivity index (χ1n) is 8.35. The fourth-order valence-electron chi connectivity index (χ4n) is 3.44. The van der Waals surface area contributed by atoms with Crippen molar-refractivity contribution >= 4 is 0 Å². The van der Waals surface area contributed by atoms with Crippen LogP contribution in [0.25, 0.3) is 0 Å². The van der Waals surface area contributed by atoms with E-state index in [-0.39, 0.29) is 0 Å². The highest BCUT2D eigenvalue weighted by Gasteiger charge is 2.26. The summed E-state index contributed by atoms with van der Waals surface area (Å²) in [4.78, 5) is 2.66. The minimum atomic E-state index is 0.556. The molecule has 1 saturated carbocycles. The number of hydrogen-bond acceptors (Lipinski definition) is 2. The summed E-state index contributed by atoms with van der Waals surface area (Å²) in [6.45, 7) is 5.97. The second kappa shape index (κ2) is 6.73. The van der Waals surface area contributed by atoms with Crippen LogP contribution in [0.5, 0.6) is 0 Å². The van der Waals surface area contributed by atoms with Crippen molar-refractivity contribution in [3.63, 3.8) is 0 Å². The first-order chi connectivity index (χ1) is 9.83. The first-order valence-corrected chi connectivity index (χ1v) is 8.35. The molecule has 3 rings (SSSR count). The van der Waals surface area contributed by atoms with Crippen molar-refractivity contribution in [3.8, 4) is 0 Å². The molecular formula is C18H28N2. The molecule has 1 aromatic carbocycles. The van der Waals surface area contributed by atoms with Gasteiger partial charge in [-0.25, -0.2) is 0 Å². The molecule has 0 amide bonds. The molecule has 2 heteroatoms. The van der Waals surface area contributed by atoms with Crippen LogP contribution in [-0.2, 0) is 0 Å². The lowest BCUT2D eigenvalue weighted by Crippen LogP contribution is -2.37. The molecule has 0 bridgehead atoms. The van der Waals surface area contributed by atoms with Gasteiger partial charge in [0.1, 0.15) is 0 Å². The van der Waals surface area contributed by atoms with Gasteiger partial charge in [-0.2, -0.15) is 0 Å². The van der Waals surface area contributed by atoms with Crippen LogP contribution in [0.4, 0.5) is 0 Å². The summed E-state index contributed by atoms with van der Waals surface area (Å²) in [5.74, 6) is 1.01. The fraction of sp³-hybridized carbons (Fsp3) is 0.667. The monoisotopic (exact) mass is 272 g/mol. The van der Waals surface area contributed by atoms with Crippen molar-refractivity contribution in [2.75, 3.05) is 19.6 Å². The molecule has 2 aliphatic rings. The maximum Gasteiger partial charge on any atom is 0.0472 e. The van der Waals surface area contributed by atoms with Gasteiger partial charge in [-0.05, 0) is 50.8 Å². The number of nitrogens with zero attached hydrogens (tertiary/aromatic N) is 1. The van der Waals surface area contributed by atoms with E-state index in [1.807, 2.05) is 0 Å². The largest absolute Gasteiger partial charge is 0.312 e. The molecule has 2 unspecified atom stereocenters. The standard InChI is InChI=1S/C18H28N2/c1-15(13-16-9-10-16)19-14-18(20-11-5-6-12-20)17-7-3-2-4-8-17/h2-4,7-8,15-16,18-19H,5-6,9-14H2,1H3. The van der Waals surface area contributed by atoms with Gasteiger partial charge in [0.15, 0.2) is 0 Å². The lowest BCUT2D eigenvalue weighted by molar-refractivity contribution is 0.232. The van der Waals surface area contributed by atoms with Crippen molar-refractivity contribution in [2.45, 2.75) is 51.1 Å². The van der Waals surface area contributed by atoms with Crippen LogP contribution in [0.3, 0.4) is 0 Å². The van der Waals surface area contributed by atoms with Crippen LogP contribution in [0.2, 0.25) is 0 Å². The summed E-state index contributed by atoms with van der Waals surface area (Å²) in [6.07, 6.45) is 7.00. The number of nitrogens with one attached hydrogen (secondary N) is 1. The van der Waals surface area contributed by atoms with Crippen molar-refractivity contribution in [3.05, 3.63) is 35.9 Å². The van der Waals surface area contributed by atoms with Crippen LogP contribution in [0.15, 0.2) is 30.3 Å². The molecule has 110 valence electrons. The van der Waals surface area contributed by atoms with Crippen LogP contribution in [-0.4, -0.2) is 30.6 Å². The predicted molar refractivity (Wildman–Crippen MR) is 84.8 cm³/mol. The number of benzene rings is 1. The average molecular weight is 272 g/mol. The summed E-state index contributed by atoms with van der Waals surface area (Å²) in [5, 5.41) is 3.79. The van der Waals surface area contributed by atoms with E-state index < -0.39 is 0 Å². The summed E-state index contributed by atoms with van der Waals surface area (Å²) in [5.41, 5.74) is 1.47. The maximum atomic E-state index is 3.79. The Labute approximate surface area is 123 Å². The minimum Gasteiger partial charge on any atom is -0.312 e. The molecule has 1 aromatic rings. The van der Waals surface area contributed by atoms with E-state index in [1.54, 1.807) is 0 Å². The zero-order valence-corrected chi connectivity index (χ0v) is 12.7. The Morgan fingerprint density at radius 3 is 2.50 bits per heavy atom. The van der Waals surface area contributed by atoms with E-state index in [1.165, 1.54) is 50.8 Å². The van der Waals surface area contributed by atoms with Gasteiger partial charge >= 0.3 is 0 Å². The maximum absolute atomic E-state index is 3.79. The van der Waals surface area contributed by atoms with Gasteiger partial charge in [0.25, 0.3) is 0 Å². The van der Waals surface area contributed by atoms with Gasteiger partial charge in [-0.1, -0.05) is 43.2 Å². The number of likely N-dealkylation sites (tertiary alicyclic amines) is 1. The van der Waals surface area contributed by atoms with Gasteiger partial charge in [0.2, 0.25) is 0 Å². The Morgan fingerprint density at radius 1 is 1.15 bits per heavy atom. The Balaban J connectivity index is 1.59. The van der Waals surface area contributed by atoms with E-state index in [9.17, 15) is 0 Å². The van der Waals surface area contributed by atoms with E-state index >= 15 is 0 Å². The molecular weight excluding hydrogens is 244 g/mol. The SMILES string of the molecule is CC(CC1CC1)NCC(c1ccccc1)N1CCCC1. The lowest BCUT2D eigenvalue weighted by atomic mass is 10.0. The second-order valence-electron chi connectivity index (χ2n) is 6.66. The normalized spacial score (nSPS) is 22.9. The van der Waals surface area contributed by atoms with Crippen molar-refractivity contribution in [1.82, 2.24) is 10.2 Å². The zero-order valence-electron chi connectivity index (χ0n) is 12.7. The summed E-state index contributed by atoms with van der Waals surface area (Å²) in [6, 6.07) is 12.3. The van der Waals surface area contributed by atoms with Gasteiger partial charge < -0.3 is 5.32 Å². The Bertz CT molecular complexity index is 393. The summed E-state index contributed by atoms with van der Waals surface area (Å²) in [7, 11) is 0. The highest BCUT2D eigenvalue weighted by molar-refractivity contribution is 5.19. The molecule has 1 aliphatic carbocycles. The highest BCUT2D eigenvalue weighted by Crippen LogP contribution is 2.33. The molecule has 0 radical (unpaired) electrons. The molecule has 2 atom stereocenters. The highest BCUT2D eigenvalue weighted by atomic mass is 15.2. The van der Waals surface area contributed by atoms with E-state index in [0.717, 1.165) is 12.5 Å². The third kappa shape index (κ3) is 3.83. The van der Waals surface area contributed by atoms with Gasteiger partial charge in [0.05, 0.1) is 0 Å². The third-order valence-corrected chi connectivity index (χ3v) is 4.81. The summed E-state index contributed by atoms with van der Waals surface area (Å²) >= 11 is 0. The van der Waals surface area contributed by atoms with Gasteiger partial charge in [-0.3, -0.25) is 4.90 Å². The number of rotatable bonds is 7. The second-order valence-corrected chi connectivity index (χ2v) is 6.66. The van der Waals surface area contributed by atoms with E-state index in [4.69, 9.17) is 0 Å².